The zero-order valence-electron chi connectivity index (χ0n) is 11.0. The first kappa shape index (κ1) is 12.8. The molecule has 0 saturated heterocycles. The molecule has 2 aromatic heterocycles. The highest BCUT2D eigenvalue weighted by Gasteiger charge is 2.01. The fourth-order valence-corrected chi connectivity index (χ4v) is 1.99. The number of hydrogen-bond acceptors (Lipinski definition) is 4. The maximum absolute atomic E-state index is 4.14. The molecule has 2 aromatic rings. The van der Waals surface area contributed by atoms with Crippen LogP contribution >= 0.6 is 0 Å². The Morgan fingerprint density at radius 2 is 1.94 bits per heavy atom. The van der Waals surface area contributed by atoms with E-state index in [1.165, 1.54) is 44.9 Å². The van der Waals surface area contributed by atoms with Crippen LogP contribution < -0.4 is 5.32 Å². The van der Waals surface area contributed by atoms with Crippen molar-refractivity contribution in [2.45, 2.75) is 45.4 Å². The summed E-state index contributed by atoms with van der Waals surface area (Å²) in [5.74, 6) is 1.61. The van der Waals surface area contributed by atoms with Crippen molar-refractivity contribution in [2.24, 2.45) is 0 Å². The monoisotopic (exact) mass is 247 g/mol. The number of nitrogens with one attached hydrogen (secondary N) is 1. The maximum Gasteiger partial charge on any atom is 0.254 e. The maximum atomic E-state index is 4.14. The van der Waals surface area contributed by atoms with Gasteiger partial charge in [0.1, 0.15) is 12.1 Å². The molecule has 2 heterocycles. The van der Waals surface area contributed by atoms with E-state index in [1.807, 2.05) is 6.07 Å². The van der Waals surface area contributed by atoms with E-state index in [-0.39, 0.29) is 0 Å². The van der Waals surface area contributed by atoms with Crippen LogP contribution in [-0.4, -0.2) is 26.1 Å². The van der Waals surface area contributed by atoms with Gasteiger partial charge in [0.05, 0.1) is 0 Å². The van der Waals surface area contributed by atoms with Gasteiger partial charge in [-0.15, -0.1) is 0 Å². The van der Waals surface area contributed by atoms with Crippen LogP contribution in [0.5, 0.6) is 0 Å². The van der Waals surface area contributed by atoms with Crippen LogP contribution in [0.4, 0.5) is 5.82 Å². The Hall–Kier alpha value is -1.65. The molecular formula is C13H21N5. The number of anilines is 1. The summed E-state index contributed by atoms with van der Waals surface area (Å²) >= 11 is 0. The standard InChI is InChI=1S/C13H21N5/c1-2-3-4-5-6-7-9-14-12-8-10-15-13-16-11-17-18(12)13/h8,10-11,14H,2-7,9H2,1H3. The van der Waals surface area contributed by atoms with E-state index < -0.39 is 0 Å². The largest absolute Gasteiger partial charge is 0.370 e. The quantitative estimate of drug-likeness (QED) is 0.729. The van der Waals surface area contributed by atoms with Crippen LogP contribution in [0, 0.1) is 0 Å². The minimum atomic E-state index is 0.642. The Kier molecular flexibility index (Phi) is 4.93. The average molecular weight is 247 g/mol. The van der Waals surface area contributed by atoms with Crippen molar-refractivity contribution in [3.8, 4) is 0 Å². The van der Waals surface area contributed by atoms with Crippen molar-refractivity contribution < 1.29 is 0 Å². The predicted octanol–water partition coefficient (Wildman–Crippen LogP) is 2.90. The summed E-state index contributed by atoms with van der Waals surface area (Å²) < 4.78 is 1.73. The molecule has 0 radical (unpaired) electrons. The van der Waals surface area contributed by atoms with Crippen LogP contribution in [0.1, 0.15) is 45.4 Å². The van der Waals surface area contributed by atoms with Gasteiger partial charge in [-0.1, -0.05) is 39.0 Å². The van der Waals surface area contributed by atoms with E-state index in [2.05, 4.69) is 27.3 Å². The topological polar surface area (TPSA) is 55.1 Å². The number of hydrogen-bond donors (Lipinski definition) is 1. The first-order valence-corrected chi connectivity index (χ1v) is 6.80. The second-order valence-corrected chi connectivity index (χ2v) is 4.50. The molecular weight excluding hydrogens is 226 g/mol. The van der Waals surface area contributed by atoms with E-state index in [4.69, 9.17) is 0 Å². The fourth-order valence-electron chi connectivity index (χ4n) is 1.99. The molecule has 0 aliphatic heterocycles. The molecule has 0 amide bonds. The lowest BCUT2D eigenvalue weighted by atomic mass is 10.1. The van der Waals surface area contributed by atoms with Gasteiger partial charge >= 0.3 is 0 Å². The van der Waals surface area contributed by atoms with Gasteiger partial charge < -0.3 is 5.32 Å². The van der Waals surface area contributed by atoms with Crippen LogP contribution in [0.3, 0.4) is 0 Å². The van der Waals surface area contributed by atoms with Crippen molar-refractivity contribution in [3.63, 3.8) is 0 Å². The van der Waals surface area contributed by atoms with Crippen LogP contribution in [-0.2, 0) is 0 Å². The molecule has 0 aliphatic carbocycles. The van der Waals surface area contributed by atoms with Gasteiger partial charge in [0.25, 0.3) is 5.78 Å². The van der Waals surface area contributed by atoms with Gasteiger partial charge in [0.15, 0.2) is 0 Å². The Bertz CT molecular complexity index is 465. The lowest BCUT2D eigenvalue weighted by Crippen LogP contribution is -2.07. The van der Waals surface area contributed by atoms with Crippen molar-refractivity contribution in [2.75, 3.05) is 11.9 Å². The zero-order valence-corrected chi connectivity index (χ0v) is 11.0. The van der Waals surface area contributed by atoms with Gasteiger partial charge in [-0.05, 0) is 12.5 Å². The third-order valence-electron chi connectivity index (χ3n) is 3.02. The van der Waals surface area contributed by atoms with E-state index in [1.54, 1.807) is 10.7 Å². The van der Waals surface area contributed by atoms with Crippen LogP contribution in [0.25, 0.3) is 5.78 Å². The predicted molar refractivity (Wildman–Crippen MR) is 72.6 cm³/mol. The molecule has 0 unspecified atom stereocenters. The Morgan fingerprint density at radius 3 is 2.83 bits per heavy atom. The van der Waals surface area contributed by atoms with Gasteiger partial charge in [0.2, 0.25) is 0 Å². The third-order valence-corrected chi connectivity index (χ3v) is 3.02. The minimum Gasteiger partial charge on any atom is -0.370 e. The van der Waals surface area contributed by atoms with Crippen molar-refractivity contribution >= 4 is 11.6 Å². The van der Waals surface area contributed by atoms with Crippen molar-refractivity contribution in [1.29, 1.82) is 0 Å². The van der Waals surface area contributed by atoms with Gasteiger partial charge in [-0.25, -0.2) is 4.98 Å². The number of unbranched alkanes of at least 4 members (excludes halogenated alkanes) is 5. The van der Waals surface area contributed by atoms with E-state index in [9.17, 15) is 0 Å². The van der Waals surface area contributed by atoms with E-state index in [0.717, 1.165) is 12.4 Å². The van der Waals surface area contributed by atoms with Crippen molar-refractivity contribution in [3.05, 3.63) is 18.6 Å². The molecule has 0 spiro atoms. The number of rotatable bonds is 8. The molecule has 0 fully saturated rings. The Labute approximate surface area is 108 Å². The Morgan fingerprint density at radius 1 is 1.11 bits per heavy atom. The molecule has 0 aromatic carbocycles. The molecule has 2 rings (SSSR count). The summed E-state index contributed by atoms with van der Waals surface area (Å²) in [6, 6.07) is 1.93. The fraction of sp³-hybridized carbons (Fsp3) is 0.615. The molecule has 0 aliphatic rings. The molecule has 18 heavy (non-hydrogen) atoms. The van der Waals surface area contributed by atoms with Gasteiger partial charge in [-0.3, -0.25) is 0 Å². The lowest BCUT2D eigenvalue weighted by molar-refractivity contribution is 0.616. The summed E-state index contributed by atoms with van der Waals surface area (Å²) in [5, 5.41) is 7.52. The van der Waals surface area contributed by atoms with E-state index in [0.29, 0.717) is 5.78 Å². The van der Waals surface area contributed by atoms with Gasteiger partial charge in [-0.2, -0.15) is 14.6 Å². The summed E-state index contributed by atoms with van der Waals surface area (Å²) in [5.41, 5.74) is 0. The second-order valence-electron chi connectivity index (χ2n) is 4.50. The highest BCUT2D eigenvalue weighted by molar-refractivity contribution is 5.41. The molecule has 98 valence electrons. The van der Waals surface area contributed by atoms with Crippen LogP contribution in [0.15, 0.2) is 18.6 Å². The second kappa shape index (κ2) is 6.93. The molecule has 0 saturated carbocycles. The molecule has 5 heteroatoms. The zero-order chi connectivity index (χ0) is 12.6. The molecule has 0 atom stereocenters. The number of aromatic nitrogens is 4. The smallest absolute Gasteiger partial charge is 0.254 e. The lowest BCUT2D eigenvalue weighted by Gasteiger charge is -2.07. The summed E-state index contributed by atoms with van der Waals surface area (Å²) in [6.07, 6.45) is 11.1. The summed E-state index contributed by atoms with van der Waals surface area (Å²) in [7, 11) is 0. The minimum absolute atomic E-state index is 0.642. The molecule has 1 N–H and O–H groups in total. The highest BCUT2D eigenvalue weighted by atomic mass is 15.3. The van der Waals surface area contributed by atoms with Crippen molar-refractivity contribution in [1.82, 2.24) is 19.6 Å². The van der Waals surface area contributed by atoms with Crippen LogP contribution in [0.2, 0.25) is 0 Å². The summed E-state index contributed by atoms with van der Waals surface area (Å²) in [4.78, 5) is 8.19. The molecule has 5 nitrogen and oxygen atoms in total. The number of nitrogens with zero attached hydrogens (tertiary/aromatic N) is 4. The molecule has 0 bridgehead atoms. The SMILES string of the molecule is CCCCCCCCNc1ccnc2ncnn12. The number of fused-ring (bicyclic) bond motifs is 1. The average Bonchev–Trinajstić information content (AvgIpc) is 2.86. The third kappa shape index (κ3) is 3.42. The highest BCUT2D eigenvalue weighted by Crippen LogP contribution is 2.08. The van der Waals surface area contributed by atoms with Gasteiger partial charge in [0, 0.05) is 12.7 Å². The van der Waals surface area contributed by atoms with E-state index >= 15 is 0 Å². The summed E-state index contributed by atoms with van der Waals surface area (Å²) in [6.45, 7) is 3.22. The normalized spacial score (nSPS) is 10.9. The Balaban J connectivity index is 1.72. The first-order valence-electron chi connectivity index (χ1n) is 6.80. The first-order chi connectivity index (χ1) is 8.92.